The van der Waals surface area contributed by atoms with Crippen molar-refractivity contribution in [3.05, 3.63) is 87.3 Å². The van der Waals surface area contributed by atoms with Gasteiger partial charge >= 0.3 is 11.9 Å². The molecule has 0 aliphatic carbocycles. The maximum atomic E-state index is 13.2. The third-order valence-corrected chi connectivity index (χ3v) is 5.86. The second-order valence-corrected chi connectivity index (χ2v) is 8.22. The van der Waals surface area contributed by atoms with E-state index in [4.69, 9.17) is 14.2 Å². The number of rotatable bonds is 11. The maximum Gasteiger partial charge on any atom is 0.323 e. The molecule has 36 heavy (non-hydrogen) atoms. The van der Waals surface area contributed by atoms with Gasteiger partial charge in [-0.25, -0.2) is 0 Å². The number of aromatic hydroxyl groups is 1. The highest BCUT2D eigenvalue weighted by Gasteiger charge is 2.27. The zero-order valence-electron chi connectivity index (χ0n) is 20.4. The van der Waals surface area contributed by atoms with E-state index in [1.807, 2.05) is 24.3 Å². The van der Waals surface area contributed by atoms with Crippen LogP contribution in [0.3, 0.4) is 0 Å². The van der Waals surface area contributed by atoms with Crippen molar-refractivity contribution >= 4 is 11.9 Å². The van der Waals surface area contributed by atoms with E-state index in [9.17, 15) is 24.6 Å². The summed E-state index contributed by atoms with van der Waals surface area (Å²) < 4.78 is 16.8. The minimum Gasteiger partial charge on any atom is -0.507 e. The van der Waals surface area contributed by atoms with Crippen LogP contribution in [0.25, 0.3) is 0 Å². The van der Waals surface area contributed by atoms with Crippen molar-refractivity contribution in [1.82, 2.24) is 4.57 Å². The summed E-state index contributed by atoms with van der Waals surface area (Å²) in [5.74, 6) is -1.56. The van der Waals surface area contributed by atoms with E-state index in [0.717, 1.165) is 15.9 Å². The van der Waals surface area contributed by atoms with Gasteiger partial charge in [-0.3, -0.25) is 14.4 Å². The number of carboxylic acids is 1. The van der Waals surface area contributed by atoms with E-state index in [1.54, 1.807) is 31.4 Å². The molecule has 9 nitrogen and oxygen atoms in total. The van der Waals surface area contributed by atoms with Gasteiger partial charge in [0.1, 0.15) is 23.8 Å². The topological polar surface area (TPSA) is 124 Å². The van der Waals surface area contributed by atoms with Gasteiger partial charge in [0, 0.05) is 18.0 Å². The lowest BCUT2D eigenvalue weighted by atomic mass is 9.88. The molecule has 3 rings (SSSR count). The zero-order chi connectivity index (χ0) is 26.2. The van der Waals surface area contributed by atoms with Gasteiger partial charge in [-0.2, -0.15) is 0 Å². The summed E-state index contributed by atoms with van der Waals surface area (Å²) in [7, 11) is 2.85. The molecule has 0 radical (unpaired) electrons. The van der Waals surface area contributed by atoms with Crippen molar-refractivity contribution in [3.63, 3.8) is 0 Å². The Morgan fingerprint density at radius 3 is 2.22 bits per heavy atom. The van der Waals surface area contributed by atoms with Gasteiger partial charge in [0.25, 0.3) is 5.56 Å². The summed E-state index contributed by atoms with van der Waals surface area (Å²) >= 11 is 0. The van der Waals surface area contributed by atoms with E-state index >= 15 is 0 Å². The molecule has 1 atom stereocenters. The van der Waals surface area contributed by atoms with Crippen LogP contribution in [0.5, 0.6) is 17.2 Å². The zero-order valence-corrected chi connectivity index (χ0v) is 20.4. The van der Waals surface area contributed by atoms with Gasteiger partial charge in [0.2, 0.25) is 0 Å². The van der Waals surface area contributed by atoms with Crippen LogP contribution >= 0.6 is 0 Å². The monoisotopic (exact) mass is 495 g/mol. The maximum absolute atomic E-state index is 13.2. The van der Waals surface area contributed by atoms with Crippen molar-refractivity contribution in [2.24, 2.45) is 0 Å². The molecule has 1 aromatic heterocycles. The SMILES string of the molecule is COC(=O)C[C@@H](c1ccc(OCCc2ccc(OC)cc2)cc1)c1c(O)cc(C)n(CC(=O)O)c1=O. The summed E-state index contributed by atoms with van der Waals surface area (Å²) in [6.07, 6.45) is 0.476. The van der Waals surface area contributed by atoms with Gasteiger partial charge < -0.3 is 29.0 Å². The molecule has 0 unspecified atom stereocenters. The van der Waals surface area contributed by atoms with Gasteiger partial charge in [0.05, 0.1) is 32.8 Å². The second-order valence-electron chi connectivity index (χ2n) is 8.22. The van der Waals surface area contributed by atoms with Crippen LogP contribution in [0.4, 0.5) is 0 Å². The molecule has 0 bridgehead atoms. The summed E-state index contributed by atoms with van der Waals surface area (Å²) in [5.41, 5.74) is 1.21. The molecule has 190 valence electrons. The molecule has 0 saturated heterocycles. The molecule has 2 aromatic carbocycles. The number of carbonyl (C=O) groups excluding carboxylic acids is 1. The summed E-state index contributed by atoms with van der Waals surface area (Å²) in [6.45, 7) is 1.40. The molecule has 2 N–H and O–H groups in total. The largest absolute Gasteiger partial charge is 0.507 e. The first-order valence-corrected chi connectivity index (χ1v) is 11.3. The van der Waals surface area contributed by atoms with Gasteiger partial charge in [-0.15, -0.1) is 0 Å². The minimum atomic E-state index is -1.20. The lowest BCUT2D eigenvalue weighted by Gasteiger charge is -2.20. The number of hydrogen-bond donors (Lipinski definition) is 2. The molecule has 0 aliphatic rings. The number of aryl methyl sites for hydroxylation is 1. The lowest BCUT2D eigenvalue weighted by molar-refractivity contribution is -0.141. The highest BCUT2D eigenvalue weighted by atomic mass is 16.5. The number of carboxylic acid groups (broad SMARTS) is 1. The Morgan fingerprint density at radius 1 is 1.00 bits per heavy atom. The number of pyridine rings is 1. The lowest BCUT2D eigenvalue weighted by Crippen LogP contribution is -2.30. The van der Waals surface area contributed by atoms with E-state index in [0.29, 0.717) is 30.0 Å². The van der Waals surface area contributed by atoms with E-state index < -0.39 is 30.0 Å². The molecule has 0 spiro atoms. The number of hydrogen-bond acceptors (Lipinski definition) is 7. The Hall–Kier alpha value is -4.27. The molecular weight excluding hydrogens is 466 g/mol. The summed E-state index contributed by atoms with van der Waals surface area (Å²) in [4.78, 5) is 36.6. The third kappa shape index (κ3) is 6.44. The predicted octanol–water partition coefficient (Wildman–Crippen LogP) is 3.27. The Balaban J connectivity index is 1.84. The summed E-state index contributed by atoms with van der Waals surface area (Å²) in [6, 6.07) is 15.9. The Kier molecular flexibility index (Phi) is 8.72. The number of aromatic nitrogens is 1. The molecular formula is C27H29NO8. The van der Waals surface area contributed by atoms with Gasteiger partial charge in [-0.05, 0) is 48.4 Å². The fourth-order valence-corrected chi connectivity index (χ4v) is 3.94. The first kappa shape index (κ1) is 26.3. The Labute approximate surface area is 208 Å². The van der Waals surface area contributed by atoms with E-state index in [2.05, 4.69) is 0 Å². The van der Waals surface area contributed by atoms with Crippen LogP contribution in [0.2, 0.25) is 0 Å². The van der Waals surface area contributed by atoms with Crippen molar-refractivity contribution in [2.45, 2.75) is 32.2 Å². The minimum absolute atomic E-state index is 0.0691. The van der Waals surface area contributed by atoms with E-state index in [-0.39, 0.29) is 17.7 Å². The van der Waals surface area contributed by atoms with Crippen molar-refractivity contribution < 1.29 is 34.0 Å². The summed E-state index contributed by atoms with van der Waals surface area (Å²) in [5, 5.41) is 19.8. The van der Waals surface area contributed by atoms with Crippen LogP contribution in [0.1, 0.15) is 34.7 Å². The van der Waals surface area contributed by atoms with Crippen molar-refractivity contribution in [2.75, 3.05) is 20.8 Å². The quantitative estimate of drug-likeness (QED) is 0.389. The molecule has 1 heterocycles. The average molecular weight is 496 g/mol. The smallest absolute Gasteiger partial charge is 0.323 e. The normalized spacial score (nSPS) is 11.5. The number of aliphatic carboxylic acids is 1. The van der Waals surface area contributed by atoms with Crippen molar-refractivity contribution in [1.29, 1.82) is 0 Å². The highest BCUT2D eigenvalue weighted by Crippen LogP contribution is 2.33. The number of esters is 1. The number of methoxy groups -OCH3 is 2. The Morgan fingerprint density at radius 2 is 1.64 bits per heavy atom. The average Bonchev–Trinajstić information content (AvgIpc) is 2.86. The fourth-order valence-electron chi connectivity index (χ4n) is 3.94. The third-order valence-electron chi connectivity index (χ3n) is 5.86. The molecule has 3 aromatic rings. The number of benzene rings is 2. The first-order chi connectivity index (χ1) is 17.2. The standard InChI is InChI=1S/C27H29NO8/c1-17-14-23(29)26(27(33)28(17)16-24(30)31)22(15-25(32)35-3)19-6-10-21(11-7-19)36-13-12-18-4-8-20(34-2)9-5-18/h4-11,14,22,29H,12-13,15-16H2,1-3H3,(H,30,31)/t22-/m0/s1. The number of carbonyl (C=O) groups is 2. The first-order valence-electron chi connectivity index (χ1n) is 11.3. The molecule has 0 amide bonds. The fraction of sp³-hybridized carbons (Fsp3) is 0.296. The van der Waals surface area contributed by atoms with Crippen LogP contribution in [-0.2, 0) is 27.3 Å². The van der Waals surface area contributed by atoms with Crippen LogP contribution in [0.15, 0.2) is 59.4 Å². The van der Waals surface area contributed by atoms with Crippen molar-refractivity contribution in [3.8, 4) is 17.2 Å². The van der Waals surface area contributed by atoms with Crippen LogP contribution in [-0.4, -0.2) is 47.5 Å². The van der Waals surface area contributed by atoms with Gasteiger partial charge in [-0.1, -0.05) is 24.3 Å². The Bertz CT molecular complexity index is 1260. The molecule has 0 aliphatic heterocycles. The predicted molar refractivity (Wildman–Crippen MR) is 132 cm³/mol. The number of nitrogens with zero attached hydrogens (tertiary/aromatic N) is 1. The molecule has 0 saturated carbocycles. The van der Waals surface area contributed by atoms with Crippen LogP contribution < -0.4 is 15.0 Å². The molecule has 9 heteroatoms. The second kappa shape index (κ2) is 11.9. The van der Waals surface area contributed by atoms with Crippen LogP contribution in [0, 0.1) is 6.92 Å². The molecule has 0 fully saturated rings. The van der Waals surface area contributed by atoms with Gasteiger partial charge in [0.15, 0.2) is 0 Å². The highest BCUT2D eigenvalue weighted by molar-refractivity contribution is 5.72. The van der Waals surface area contributed by atoms with E-state index in [1.165, 1.54) is 20.1 Å². The number of ether oxygens (including phenoxy) is 3.